The van der Waals surface area contributed by atoms with E-state index in [1.807, 2.05) is 13.0 Å². The number of carbonyl (C=O) groups is 1. The maximum Gasteiger partial charge on any atom is 0.333 e. The number of hydrogen-bond acceptors (Lipinski definition) is 4. The molecule has 0 aliphatic carbocycles. The van der Waals surface area contributed by atoms with Crippen molar-refractivity contribution in [3.63, 3.8) is 0 Å². The zero-order valence-electron chi connectivity index (χ0n) is 11.9. The summed E-state index contributed by atoms with van der Waals surface area (Å²) in [6, 6.07) is 0.452. The Balaban J connectivity index is 2.62. The molecule has 0 spiro atoms. The van der Waals surface area contributed by atoms with Crippen LogP contribution >= 0.6 is 0 Å². The normalized spacial score (nSPS) is 26.1. The monoisotopic (exact) mass is 255 g/mol. The Morgan fingerprint density at radius 3 is 2.78 bits per heavy atom. The summed E-state index contributed by atoms with van der Waals surface area (Å²) in [4.78, 5) is 13.9. The molecule has 1 aliphatic rings. The molecule has 0 saturated carbocycles. The predicted octanol–water partition coefficient (Wildman–Crippen LogP) is 2.00. The zero-order chi connectivity index (χ0) is 13.5. The molecule has 4 nitrogen and oxygen atoms in total. The maximum absolute atomic E-state index is 11.5. The molecule has 1 aliphatic heterocycles. The molecule has 1 saturated heterocycles. The highest BCUT2D eigenvalue weighted by Crippen LogP contribution is 2.15. The summed E-state index contributed by atoms with van der Waals surface area (Å²) in [5.74, 6) is -0.216. The summed E-state index contributed by atoms with van der Waals surface area (Å²) in [6.07, 6.45) is 4.04. The highest BCUT2D eigenvalue weighted by atomic mass is 16.5. The van der Waals surface area contributed by atoms with Crippen LogP contribution in [0.25, 0.3) is 0 Å². The van der Waals surface area contributed by atoms with Crippen LogP contribution in [0.2, 0.25) is 0 Å². The van der Waals surface area contributed by atoms with Crippen molar-refractivity contribution >= 4 is 5.97 Å². The van der Waals surface area contributed by atoms with Gasteiger partial charge in [-0.15, -0.1) is 0 Å². The van der Waals surface area contributed by atoms with Crippen LogP contribution in [-0.2, 0) is 14.3 Å². The Hall–Kier alpha value is -0.870. The van der Waals surface area contributed by atoms with E-state index in [-0.39, 0.29) is 12.1 Å². The van der Waals surface area contributed by atoms with Crippen LogP contribution in [0.15, 0.2) is 11.6 Å². The molecule has 0 aromatic carbocycles. The van der Waals surface area contributed by atoms with Crippen LogP contribution in [0.4, 0.5) is 0 Å². The van der Waals surface area contributed by atoms with Gasteiger partial charge in [0.05, 0.1) is 19.8 Å². The van der Waals surface area contributed by atoms with Crippen molar-refractivity contribution in [2.75, 3.05) is 26.8 Å². The fourth-order valence-electron chi connectivity index (χ4n) is 2.24. The van der Waals surface area contributed by atoms with Crippen molar-refractivity contribution in [3.05, 3.63) is 11.6 Å². The van der Waals surface area contributed by atoms with Crippen LogP contribution in [0, 0.1) is 0 Å². The minimum atomic E-state index is -0.216. The molecule has 1 rings (SSSR count). The summed E-state index contributed by atoms with van der Waals surface area (Å²) < 4.78 is 10.4. The van der Waals surface area contributed by atoms with Crippen LogP contribution in [0.5, 0.6) is 0 Å². The van der Waals surface area contributed by atoms with E-state index in [2.05, 4.69) is 18.7 Å². The first-order valence-electron chi connectivity index (χ1n) is 6.75. The summed E-state index contributed by atoms with van der Waals surface area (Å²) in [5.41, 5.74) is 0.756. The molecule has 0 aromatic rings. The molecule has 0 aromatic heterocycles. The first-order chi connectivity index (χ1) is 8.62. The summed E-state index contributed by atoms with van der Waals surface area (Å²) in [5, 5.41) is 0. The third-order valence-corrected chi connectivity index (χ3v) is 3.45. The Bertz CT molecular complexity index is 301. The second kappa shape index (κ2) is 7.54. The number of ether oxygens (including phenoxy) is 2. The van der Waals surface area contributed by atoms with E-state index < -0.39 is 0 Å². The van der Waals surface area contributed by atoms with Gasteiger partial charge in [-0.2, -0.15) is 0 Å². The second-order valence-corrected chi connectivity index (χ2v) is 4.73. The highest BCUT2D eigenvalue weighted by Gasteiger charge is 2.24. The third-order valence-electron chi connectivity index (χ3n) is 3.45. The number of rotatable bonds is 5. The average molecular weight is 255 g/mol. The average Bonchev–Trinajstić information content (AvgIpc) is 2.39. The lowest BCUT2D eigenvalue weighted by Crippen LogP contribution is -2.48. The fourth-order valence-corrected chi connectivity index (χ4v) is 2.24. The quantitative estimate of drug-likeness (QED) is 0.556. The predicted molar refractivity (Wildman–Crippen MR) is 71.5 cm³/mol. The molecular formula is C14H25NO3. The van der Waals surface area contributed by atoms with E-state index in [0.29, 0.717) is 12.5 Å². The van der Waals surface area contributed by atoms with Crippen LogP contribution in [-0.4, -0.2) is 49.8 Å². The molecule has 0 amide bonds. The van der Waals surface area contributed by atoms with Gasteiger partial charge in [-0.25, -0.2) is 4.79 Å². The maximum atomic E-state index is 11.5. The van der Waals surface area contributed by atoms with Crippen molar-refractivity contribution in [2.45, 2.75) is 45.8 Å². The van der Waals surface area contributed by atoms with Crippen LogP contribution < -0.4 is 0 Å². The molecule has 18 heavy (non-hydrogen) atoms. The van der Waals surface area contributed by atoms with E-state index in [0.717, 1.165) is 31.7 Å². The molecule has 0 N–H and O–H groups in total. The molecule has 104 valence electrons. The minimum Gasteiger partial charge on any atom is -0.466 e. The Morgan fingerprint density at radius 2 is 2.22 bits per heavy atom. The Labute approximate surface area is 110 Å². The van der Waals surface area contributed by atoms with Gasteiger partial charge in [0.2, 0.25) is 0 Å². The molecule has 4 heteroatoms. The smallest absolute Gasteiger partial charge is 0.333 e. The van der Waals surface area contributed by atoms with E-state index in [1.54, 1.807) is 0 Å². The van der Waals surface area contributed by atoms with Crippen molar-refractivity contribution in [1.29, 1.82) is 0 Å². The topological polar surface area (TPSA) is 38.8 Å². The van der Waals surface area contributed by atoms with Gasteiger partial charge in [0.15, 0.2) is 0 Å². The van der Waals surface area contributed by atoms with Gasteiger partial charge in [-0.1, -0.05) is 19.9 Å². The molecule has 2 unspecified atom stereocenters. The van der Waals surface area contributed by atoms with Gasteiger partial charge in [0, 0.05) is 24.7 Å². The van der Waals surface area contributed by atoms with Crippen molar-refractivity contribution in [2.24, 2.45) is 0 Å². The van der Waals surface area contributed by atoms with Gasteiger partial charge in [-0.05, 0) is 19.8 Å². The summed E-state index contributed by atoms with van der Waals surface area (Å²) in [7, 11) is 1.43. The fraction of sp³-hybridized carbons (Fsp3) is 0.786. The Kier molecular flexibility index (Phi) is 6.36. The van der Waals surface area contributed by atoms with Crippen LogP contribution in [0.1, 0.15) is 33.6 Å². The Morgan fingerprint density at radius 1 is 1.50 bits per heavy atom. The largest absolute Gasteiger partial charge is 0.466 e. The summed E-state index contributed by atoms with van der Waals surface area (Å²) >= 11 is 0. The molecule has 0 bridgehead atoms. The second-order valence-electron chi connectivity index (χ2n) is 4.73. The highest BCUT2D eigenvalue weighted by molar-refractivity contribution is 5.88. The zero-order valence-corrected chi connectivity index (χ0v) is 11.9. The van der Waals surface area contributed by atoms with Gasteiger partial charge in [0.1, 0.15) is 0 Å². The molecule has 1 fully saturated rings. The van der Waals surface area contributed by atoms with E-state index in [4.69, 9.17) is 9.47 Å². The number of carbonyl (C=O) groups excluding carboxylic acids is 1. The molecular weight excluding hydrogens is 230 g/mol. The number of morpholine rings is 1. The first-order valence-corrected chi connectivity index (χ1v) is 6.75. The SMILES string of the molecule is CCC(=CCN1CC(C)OCC1CC)C(=O)OC. The minimum absolute atomic E-state index is 0.216. The number of esters is 1. The lowest BCUT2D eigenvalue weighted by molar-refractivity contribution is -0.136. The third kappa shape index (κ3) is 4.10. The van der Waals surface area contributed by atoms with Gasteiger partial charge in [-0.3, -0.25) is 4.90 Å². The summed E-state index contributed by atoms with van der Waals surface area (Å²) in [6.45, 7) is 8.73. The lowest BCUT2D eigenvalue weighted by Gasteiger charge is -2.37. The van der Waals surface area contributed by atoms with Gasteiger partial charge >= 0.3 is 5.97 Å². The molecule has 2 atom stereocenters. The van der Waals surface area contributed by atoms with Gasteiger partial charge in [0.25, 0.3) is 0 Å². The van der Waals surface area contributed by atoms with Crippen molar-refractivity contribution in [1.82, 2.24) is 4.90 Å². The van der Waals surface area contributed by atoms with E-state index in [1.165, 1.54) is 7.11 Å². The number of hydrogen-bond donors (Lipinski definition) is 0. The van der Waals surface area contributed by atoms with E-state index >= 15 is 0 Å². The molecule has 1 heterocycles. The molecule has 0 radical (unpaired) electrons. The number of nitrogens with zero attached hydrogens (tertiary/aromatic N) is 1. The first kappa shape index (κ1) is 15.2. The van der Waals surface area contributed by atoms with Crippen LogP contribution in [0.3, 0.4) is 0 Å². The standard InChI is InChI=1S/C14H25NO3/c1-5-12(14(16)17-4)7-8-15-9-11(3)18-10-13(15)6-2/h7,11,13H,5-6,8-10H2,1-4H3. The van der Waals surface area contributed by atoms with Crippen molar-refractivity contribution < 1.29 is 14.3 Å². The number of methoxy groups -OCH3 is 1. The van der Waals surface area contributed by atoms with E-state index in [9.17, 15) is 4.79 Å². The van der Waals surface area contributed by atoms with Crippen molar-refractivity contribution in [3.8, 4) is 0 Å². The lowest BCUT2D eigenvalue weighted by atomic mass is 10.1. The van der Waals surface area contributed by atoms with Gasteiger partial charge < -0.3 is 9.47 Å².